The summed E-state index contributed by atoms with van der Waals surface area (Å²) in [7, 11) is 3.73. The molecule has 0 saturated heterocycles. The molecule has 6 heteroatoms. The molecule has 0 spiro atoms. The molecular weight excluding hydrogens is 260 g/mol. The molecule has 0 radical (unpaired) electrons. The number of nitrogen functional groups attached to an aromatic ring is 1. The van der Waals surface area contributed by atoms with E-state index < -0.39 is 0 Å². The minimum absolute atomic E-state index is 0.0324. The van der Waals surface area contributed by atoms with E-state index in [1.807, 2.05) is 26.2 Å². The molecule has 1 aromatic carbocycles. The van der Waals surface area contributed by atoms with Gasteiger partial charge in [0.1, 0.15) is 0 Å². The van der Waals surface area contributed by atoms with Crippen LogP contribution in [0, 0.1) is 0 Å². The van der Waals surface area contributed by atoms with Crippen molar-refractivity contribution in [1.29, 1.82) is 0 Å². The smallest absolute Gasteiger partial charge is 0.253 e. The molecule has 19 heavy (non-hydrogen) atoms. The van der Waals surface area contributed by atoms with Gasteiger partial charge >= 0.3 is 0 Å². The van der Waals surface area contributed by atoms with E-state index in [0.29, 0.717) is 10.7 Å². The Kier molecular flexibility index (Phi) is 4.34. The molecule has 1 aromatic heterocycles. The highest BCUT2D eigenvalue weighted by Crippen LogP contribution is 2.24. The predicted molar refractivity (Wildman–Crippen MR) is 79.5 cm³/mol. The van der Waals surface area contributed by atoms with Crippen molar-refractivity contribution in [1.82, 2.24) is 15.2 Å². The zero-order valence-electron chi connectivity index (χ0n) is 11.1. The van der Waals surface area contributed by atoms with Crippen LogP contribution < -0.4 is 11.1 Å². The standard InChI is InChI=1S/C13H18N4OS/c1-15-6-3-7-17(2)12(18)9-4-5-10-11(8-9)19-13(14)16-10/h4-5,8,15H,3,6-7H2,1-2H3,(H2,14,16). The monoisotopic (exact) mass is 278 g/mol. The second-order valence-electron chi connectivity index (χ2n) is 4.42. The maximum absolute atomic E-state index is 12.2. The van der Waals surface area contributed by atoms with Crippen molar-refractivity contribution in [3.63, 3.8) is 0 Å². The summed E-state index contributed by atoms with van der Waals surface area (Å²) < 4.78 is 0.951. The minimum Gasteiger partial charge on any atom is -0.375 e. The molecule has 5 nitrogen and oxygen atoms in total. The van der Waals surface area contributed by atoms with E-state index in [1.54, 1.807) is 11.0 Å². The molecule has 0 saturated carbocycles. The molecule has 2 rings (SSSR count). The average molecular weight is 278 g/mol. The van der Waals surface area contributed by atoms with Crippen LogP contribution in [-0.4, -0.2) is 43.0 Å². The number of hydrogen-bond donors (Lipinski definition) is 2. The van der Waals surface area contributed by atoms with Gasteiger partial charge in [0.2, 0.25) is 0 Å². The van der Waals surface area contributed by atoms with Gasteiger partial charge < -0.3 is 16.0 Å². The highest BCUT2D eigenvalue weighted by atomic mass is 32.1. The fraction of sp³-hybridized carbons (Fsp3) is 0.385. The molecular formula is C13H18N4OS. The van der Waals surface area contributed by atoms with Gasteiger partial charge in [-0.3, -0.25) is 4.79 Å². The minimum atomic E-state index is 0.0324. The Balaban J connectivity index is 2.11. The number of carbonyl (C=O) groups excluding carboxylic acids is 1. The van der Waals surface area contributed by atoms with Gasteiger partial charge in [-0.2, -0.15) is 0 Å². The lowest BCUT2D eigenvalue weighted by atomic mass is 10.2. The molecule has 1 heterocycles. The first-order valence-corrected chi connectivity index (χ1v) is 6.99. The van der Waals surface area contributed by atoms with Gasteiger partial charge in [-0.1, -0.05) is 11.3 Å². The van der Waals surface area contributed by atoms with E-state index in [0.717, 1.165) is 29.7 Å². The van der Waals surface area contributed by atoms with Gasteiger partial charge in [-0.25, -0.2) is 4.98 Å². The number of aromatic nitrogens is 1. The third kappa shape index (κ3) is 3.21. The van der Waals surface area contributed by atoms with Crippen molar-refractivity contribution in [2.24, 2.45) is 0 Å². The Morgan fingerprint density at radius 2 is 2.32 bits per heavy atom. The Bertz CT molecular complexity index is 581. The quantitative estimate of drug-likeness (QED) is 0.814. The zero-order chi connectivity index (χ0) is 13.8. The molecule has 0 aliphatic rings. The fourth-order valence-electron chi connectivity index (χ4n) is 1.89. The van der Waals surface area contributed by atoms with Crippen LogP contribution in [-0.2, 0) is 0 Å². The van der Waals surface area contributed by atoms with Crippen molar-refractivity contribution in [2.75, 3.05) is 32.9 Å². The number of thiazole rings is 1. The zero-order valence-corrected chi connectivity index (χ0v) is 12.0. The number of rotatable bonds is 5. The number of nitrogens with two attached hydrogens (primary N) is 1. The number of hydrogen-bond acceptors (Lipinski definition) is 5. The van der Waals surface area contributed by atoms with Crippen LogP contribution in [0.5, 0.6) is 0 Å². The van der Waals surface area contributed by atoms with Crippen molar-refractivity contribution in [3.05, 3.63) is 23.8 Å². The number of nitrogens with one attached hydrogen (secondary N) is 1. The van der Waals surface area contributed by atoms with E-state index in [1.165, 1.54) is 11.3 Å². The van der Waals surface area contributed by atoms with Gasteiger partial charge in [0.25, 0.3) is 5.91 Å². The third-order valence-corrected chi connectivity index (χ3v) is 3.77. The third-order valence-electron chi connectivity index (χ3n) is 2.92. The van der Waals surface area contributed by atoms with Crippen molar-refractivity contribution in [2.45, 2.75) is 6.42 Å². The van der Waals surface area contributed by atoms with Gasteiger partial charge in [0.15, 0.2) is 5.13 Å². The van der Waals surface area contributed by atoms with Crippen molar-refractivity contribution in [3.8, 4) is 0 Å². The largest absolute Gasteiger partial charge is 0.375 e. The first kappa shape index (κ1) is 13.8. The second-order valence-corrected chi connectivity index (χ2v) is 5.48. The summed E-state index contributed by atoms with van der Waals surface area (Å²) >= 11 is 1.40. The topological polar surface area (TPSA) is 71.2 Å². The van der Waals surface area contributed by atoms with E-state index >= 15 is 0 Å². The Morgan fingerprint density at radius 3 is 3.05 bits per heavy atom. The molecule has 1 amide bonds. The Hall–Kier alpha value is -1.66. The van der Waals surface area contributed by atoms with Crippen LogP contribution in [0.2, 0.25) is 0 Å². The fourth-order valence-corrected chi connectivity index (χ4v) is 2.66. The Morgan fingerprint density at radius 1 is 1.53 bits per heavy atom. The lowest BCUT2D eigenvalue weighted by Crippen LogP contribution is -2.29. The molecule has 0 atom stereocenters. The van der Waals surface area contributed by atoms with E-state index in [4.69, 9.17) is 5.73 Å². The molecule has 3 N–H and O–H groups in total. The molecule has 0 unspecified atom stereocenters. The first-order chi connectivity index (χ1) is 9.11. The molecule has 0 fully saturated rings. The van der Waals surface area contributed by atoms with Crippen LogP contribution >= 0.6 is 11.3 Å². The molecule has 0 aliphatic heterocycles. The normalized spacial score (nSPS) is 10.8. The summed E-state index contributed by atoms with van der Waals surface area (Å²) in [5.74, 6) is 0.0324. The molecule has 102 valence electrons. The number of anilines is 1. The van der Waals surface area contributed by atoms with Crippen molar-refractivity contribution < 1.29 is 4.79 Å². The highest BCUT2D eigenvalue weighted by Gasteiger charge is 2.12. The van der Waals surface area contributed by atoms with E-state index in [-0.39, 0.29) is 5.91 Å². The van der Waals surface area contributed by atoms with Crippen LogP contribution in [0.15, 0.2) is 18.2 Å². The van der Waals surface area contributed by atoms with Crippen LogP contribution in [0.25, 0.3) is 10.2 Å². The second kappa shape index (κ2) is 5.99. The summed E-state index contributed by atoms with van der Waals surface area (Å²) in [6.07, 6.45) is 0.939. The van der Waals surface area contributed by atoms with E-state index in [2.05, 4.69) is 10.3 Å². The summed E-state index contributed by atoms with van der Waals surface area (Å²) in [6.45, 7) is 1.64. The van der Waals surface area contributed by atoms with Crippen LogP contribution in [0.1, 0.15) is 16.8 Å². The lowest BCUT2D eigenvalue weighted by Gasteiger charge is -2.17. The van der Waals surface area contributed by atoms with Crippen LogP contribution in [0.3, 0.4) is 0 Å². The van der Waals surface area contributed by atoms with Gasteiger partial charge in [0, 0.05) is 19.2 Å². The molecule has 0 bridgehead atoms. The predicted octanol–water partition coefficient (Wildman–Crippen LogP) is 1.56. The SMILES string of the molecule is CNCCCN(C)C(=O)c1ccc2nc(N)sc2c1. The van der Waals surface area contributed by atoms with Gasteiger partial charge in [0.05, 0.1) is 10.2 Å². The average Bonchev–Trinajstić information content (AvgIpc) is 2.77. The summed E-state index contributed by atoms with van der Waals surface area (Å²) in [5, 5.41) is 3.60. The summed E-state index contributed by atoms with van der Waals surface area (Å²) in [4.78, 5) is 18.2. The maximum Gasteiger partial charge on any atom is 0.253 e. The first-order valence-electron chi connectivity index (χ1n) is 6.18. The van der Waals surface area contributed by atoms with Gasteiger partial charge in [-0.15, -0.1) is 0 Å². The maximum atomic E-state index is 12.2. The summed E-state index contributed by atoms with van der Waals surface area (Å²) in [6, 6.07) is 5.51. The number of carbonyl (C=O) groups is 1. The Labute approximate surface area is 116 Å². The molecule has 2 aromatic rings. The number of fused-ring (bicyclic) bond motifs is 1. The van der Waals surface area contributed by atoms with Gasteiger partial charge in [-0.05, 0) is 38.2 Å². The van der Waals surface area contributed by atoms with Crippen molar-refractivity contribution >= 4 is 32.6 Å². The highest BCUT2D eigenvalue weighted by molar-refractivity contribution is 7.22. The molecule has 0 aliphatic carbocycles. The van der Waals surface area contributed by atoms with Crippen LogP contribution in [0.4, 0.5) is 5.13 Å². The number of nitrogens with zero attached hydrogens (tertiary/aromatic N) is 2. The number of benzene rings is 1. The lowest BCUT2D eigenvalue weighted by molar-refractivity contribution is 0.0794. The summed E-state index contributed by atoms with van der Waals surface area (Å²) in [5.41, 5.74) is 7.19. The number of amides is 1. The van der Waals surface area contributed by atoms with E-state index in [9.17, 15) is 4.79 Å².